The molecule has 258 valence electrons. The maximum absolute atomic E-state index is 14.3. The number of aliphatic hydroxyl groups is 1. The van der Waals surface area contributed by atoms with Crippen molar-refractivity contribution in [1.29, 1.82) is 0 Å². The first-order valence-electron chi connectivity index (χ1n) is 15.3. The summed E-state index contributed by atoms with van der Waals surface area (Å²) in [6.07, 6.45) is 1.12. The zero-order valence-corrected chi connectivity index (χ0v) is 29.3. The smallest absolute Gasteiger partial charge is 0.271 e. The van der Waals surface area contributed by atoms with Gasteiger partial charge in [0.25, 0.3) is 15.9 Å². The fourth-order valence-corrected chi connectivity index (χ4v) is 8.43. The van der Waals surface area contributed by atoms with E-state index in [1.165, 1.54) is 42.3 Å². The van der Waals surface area contributed by atoms with Crippen molar-refractivity contribution in [3.63, 3.8) is 0 Å². The van der Waals surface area contributed by atoms with Crippen molar-refractivity contribution in [3.8, 4) is 5.75 Å². The first-order chi connectivity index (χ1) is 22.2. The van der Waals surface area contributed by atoms with Crippen LogP contribution in [0.5, 0.6) is 5.75 Å². The third kappa shape index (κ3) is 9.30. The summed E-state index contributed by atoms with van der Waals surface area (Å²) in [4.78, 5) is 15.7. The predicted octanol–water partition coefficient (Wildman–Crippen LogP) is 4.80. The first kappa shape index (κ1) is 36.8. The number of likely N-dealkylation sites (N-methyl/N-ethyl adjacent to an activating group) is 1. The molecule has 0 saturated carbocycles. The number of ether oxygens (including phenoxy) is 2. The monoisotopic (exact) mass is 711 g/mol. The van der Waals surface area contributed by atoms with Gasteiger partial charge >= 0.3 is 0 Å². The van der Waals surface area contributed by atoms with E-state index >= 15 is 0 Å². The third-order valence-corrected chi connectivity index (χ3v) is 12.6. The van der Waals surface area contributed by atoms with Crippen molar-refractivity contribution in [2.24, 2.45) is 5.92 Å². The number of hydrogen-bond acceptors (Lipinski definition) is 9. The van der Waals surface area contributed by atoms with Crippen LogP contribution in [-0.4, -0.2) is 88.7 Å². The molecule has 4 rings (SSSR count). The molecule has 2 aromatic carbocycles. The average molecular weight is 712 g/mol. The number of halogens is 1. The Labute approximate surface area is 280 Å². The van der Waals surface area contributed by atoms with E-state index in [4.69, 9.17) is 9.47 Å². The number of thiophene rings is 1. The van der Waals surface area contributed by atoms with Crippen LogP contribution in [0.1, 0.15) is 50.4 Å². The Balaban J connectivity index is 1.67. The second-order valence-corrected chi connectivity index (χ2v) is 16.7. The van der Waals surface area contributed by atoms with Crippen LogP contribution in [0.3, 0.4) is 0 Å². The molecule has 15 heteroatoms. The molecule has 0 unspecified atom stereocenters. The standard InChI is InChI=1S/C32H42FN3O8S3/c1-22-19-36(23(2)21-37)32(38)28-18-26(34-46(39,40)31-9-7-17-45-31)12-15-29(28)44-24(3)8-5-6-16-43-30(22)20-35(4)47(41,42)27-13-10-25(33)11-14-27/h7,9-15,17-18,22-24,30,34,37H,5-6,8,16,19-21H2,1-4H3/t22-,23+,24-,30+/m1/s1. The van der Waals surface area contributed by atoms with Gasteiger partial charge in [-0.1, -0.05) is 13.0 Å². The molecule has 0 fully saturated rings. The van der Waals surface area contributed by atoms with Crippen molar-refractivity contribution in [1.82, 2.24) is 9.21 Å². The lowest BCUT2D eigenvalue weighted by molar-refractivity contribution is -0.00833. The number of sulfonamides is 2. The summed E-state index contributed by atoms with van der Waals surface area (Å²) < 4.78 is 82.3. The van der Waals surface area contributed by atoms with Gasteiger partial charge in [-0.05, 0) is 87.0 Å². The highest BCUT2D eigenvalue weighted by Crippen LogP contribution is 2.30. The Morgan fingerprint density at radius 3 is 2.49 bits per heavy atom. The van der Waals surface area contributed by atoms with E-state index in [1.807, 2.05) is 13.8 Å². The molecule has 3 aromatic rings. The van der Waals surface area contributed by atoms with Crippen molar-refractivity contribution in [2.45, 2.75) is 67.4 Å². The van der Waals surface area contributed by atoms with Crippen molar-refractivity contribution >= 4 is 43.0 Å². The lowest BCUT2D eigenvalue weighted by Gasteiger charge is -2.35. The van der Waals surface area contributed by atoms with Gasteiger partial charge in [0, 0.05) is 38.3 Å². The van der Waals surface area contributed by atoms with Crippen LogP contribution in [0.2, 0.25) is 0 Å². The highest BCUT2D eigenvalue weighted by atomic mass is 32.2. The maximum atomic E-state index is 14.3. The Morgan fingerprint density at radius 2 is 1.83 bits per heavy atom. The molecule has 0 saturated heterocycles. The van der Waals surface area contributed by atoms with Gasteiger partial charge in [-0.3, -0.25) is 9.52 Å². The van der Waals surface area contributed by atoms with Gasteiger partial charge in [0.1, 0.15) is 15.8 Å². The van der Waals surface area contributed by atoms with E-state index < -0.39 is 49.8 Å². The number of carbonyl (C=O) groups excluding carboxylic acids is 1. The number of hydrogen-bond donors (Lipinski definition) is 2. The van der Waals surface area contributed by atoms with Crippen molar-refractivity contribution < 1.29 is 40.6 Å². The van der Waals surface area contributed by atoms with Crippen LogP contribution in [0.25, 0.3) is 0 Å². The summed E-state index contributed by atoms with van der Waals surface area (Å²) in [6, 6.07) is 11.6. The number of fused-ring (bicyclic) bond motifs is 1. The normalized spacial score (nSPS) is 21.0. The van der Waals surface area contributed by atoms with E-state index in [-0.39, 0.29) is 51.9 Å². The molecule has 0 bridgehead atoms. The SMILES string of the molecule is C[C@@H]1CCCCO[C@@H](CN(C)S(=O)(=O)c2ccc(F)cc2)[C@H](C)CN([C@@H](C)CO)C(=O)c2cc(NS(=O)(=O)c3cccs3)ccc2O1. The number of rotatable bonds is 9. The van der Waals surface area contributed by atoms with Crippen LogP contribution in [0.15, 0.2) is 69.1 Å². The summed E-state index contributed by atoms with van der Waals surface area (Å²) in [7, 11) is -6.45. The zero-order chi connectivity index (χ0) is 34.4. The number of nitrogens with zero attached hydrogens (tertiary/aromatic N) is 2. The minimum atomic E-state index is -3.97. The van der Waals surface area contributed by atoms with E-state index in [1.54, 1.807) is 24.4 Å². The maximum Gasteiger partial charge on any atom is 0.271 e. The second-order valence-electron chi connectivity index (χ2n) is 11.8. The van der Waals surface area contributed by atoms with Crippen LogP contribution in [-0.2, 0) is 24.8 Å². The molecule has 2 N–H and O–H groups in total. The van der Waals surface area contributed by atoms with Crippen LogP contribution in [0, 0.1) is 11.7 Å². The highest BCUT2D eigenvalue weighted by molar-refractivity contribution is 7.94. The van der Waals surface area contributed by atoms with Gasteiger partial charge in [0.05, 0.1) is 35.3 Å². The summed E-state index contributed by atoms with van der Waals surface area (Å²) >= 11 is 1.06. The van der Waals surface area contributed by atoms with Crippen LogP contribution >= 0.6 is 11.3 Å². The van der Waals surface area contributed by atoms with Gasteiger partial charge in [0.15, 0.2) is 0 Å². The van der Waals surface area contributed by atoms with Crippen molar-refractivity contribution in [2.75, 3.05) is 38.1 Å². The third-order valence-electron chi connectivity index (χ3n) is 8.02. The molecule has 0 radical (unpaired) electrons. The predicted molar refractivity (Wildman–Crippen MR) is 178 cm³/mol. The molecule has 0 spiro atoms. The van der Waals surface area contributed by atoms with Gasteiger partial charge in [-0.25, -0.2) is 21.2 Å². The quantitative estimate of drug-likeness (QED) is 0.322. The largest absolute Gasteiger partial charge is 0.490 e. The summed E-state index contributed by atoms with van der Waals surface area (Å²) in [5.41, 5.74) is 0.280. The van der Waals surface area contributed by atoms with Crippen LogP contribution in [0.4, 0.5) is 10.1 Å². The molecule has 1 aliphatic rings. The Kier molecular flexibility index (Phi) is 12.4. The number of anilines is 1. The highest BCUT2D eigenvalue weighted by Gasteiger charge is 2.32. The molecule has 2 heterocycles. The lowest BCUT2D eigenvalue weighted by atomic mass is 10.0. The number of benzene rings is 2. The molecular weight excluding hydrogens is 670 g/mol. The summed E-state index contributed by atoms with van der Waals surface area (Å²) in [5.74, 6) is -1.18. The van der Waals surface area contributed by atoms with E-state index in [9.17, 15) is 31.1 Å². The van der Waals surface area contributed by atoms with Gasteiger partial charge in [-0.2, -0.15) is 4.31 Å². The van der Waals surface area contributed by atoms with Crippen molar-refractivity contribution in [3.05, 3.63) is 71.4 Å². The lowest BCUT2D eigenvalue weighted by Crippen LogP contribution is -2.48. The van der Waals surface area contributed by atoms with Crippen LogP contribution < -0.4 is 9.46 Å². The molecule has 11 nitrogen and oxygen atoms in total. The second kappa shape index (κ2) is 15.9. The van der Waals surface area contributed by atoms with E-state index in [0.29, 0.717) is 19.4 Å². The summed E-state index contributed by atoms with van der Waals surface area (Å²) in [5, 5.41) is 11.8. The number of amides is 1. The topological polar surface area (TPSA) is 143 Å². The molecule has 47 heavy (non-hydrogen) atoms. The average Bonchev–Trinajstić information content (AvgIpc) is 3.59. The van der Waals surface area contributed by atoms with Gasteiger partial charge in [-0.15, -0.1) is 11.3 Å². The Hall–Kier alpha value is -3.08. The number of carbonyl (C=O) groups is 1. The van der Waals surface area contributed by atoms with E-state index in [0.717, 1.165) is 34.2 Å². The molecular formula is C32H42FN3O8S3. The Morgan fingerprint density at radius 1 is 1.11 bits per heavy atom. The van der Waals surface area contributed by atoms with E-state index in [2.05, 4.69) is 4.72 Å². The molecule has 4 atom stereocenters. The fourth-order valence-electron chi connectivity index (χ4n) is 5.21. The first-order valence-corrected chi connectivity index (χ1v) is 19.2. The van der Waals surface area contributed by atoms with Gasteiger partial charge in [0.2, 0.25) is 10.0 Å². The fraction of sp³-hybridized carbons (Fsp3) is 0.469. The molecule has 1 aliphatic heterocycles. The number of nitrogens with one attached hydrogen (secondary N) is 1. The molecule has 1 aromatic heterocycles. The minimum absolute atomic E-state index is 0.0405. The molecule has 0 aliphatic carbocycles. The van der Waals surface area contributed by atoms with Gasteiger partial charge < -0.3 is 19.5 Å². The zero-order valence-electron chi connectivity index (χ0n) is 26.8. The summed E-state index contributed by atoms with van der Waals surface area (Å²) in [6.45, 7) is 5.42. The Bertz CT molecular complexity index is 1700. The number of aliphatic hydroxyl groups excluding tert-OH is 1. The minimum Gasteiger partial charge on any atom is -0.490 e. The molecule has 1 amide bonds.